The largest absolute Gasteiger partial charge is 0.387 e. The smallest absolute Gasteiger partial charge is 0.159 e. The van der Waals surface area contributed by atoms with E-state index in [0.29, 0.717) is 18.0 Å². The predicted octanol–water partition coefficient (Wildman–Crippen LogP) is 2.00. The Kier molecular flexibility index (Phi) is 4.97. The van der Waals surface area contributed by atoms with E-state index in [4.69, 9.17) is 0 Å². The first kappa shape index (κ1) is 16.0. The van der Waals surface area contributed by atoms with E-state index in [1.807, 2.05) is 4.68 Å². The van der Waals surface area contributed by atoms with Crippen molar-refractivity contribution in [3.63, 3.8) is 0 Å². The summed E-state index contributed by atoms with van der Waals surface area (Å²) < 4.78 is 28.1. The molecule has 0 aliphatic carbocycles. The van der Waals surface area contributed by atoms with Crippen LogP contribution in [-0.2, 0) is 6.54 Å². The van der Waals surface area contributed by atoms with Crippen molar-refractivity contribution in [1.29, 1.82) is 0 Å². The van der Waals surface area contributed by atoms with Crippen LogP contribution in [0.5, 0.6) is 0 Å². The SMILES string of the molecule is OC(CN1CCCC(Cn2cncn2)C1)c1ccc(F)c(F)c1. The lowest BCUT2D eigenvalue weighted by Crippen LogP contribution is -2.39. The summed E-state index contributed by atoms with van der Waals surface area (Å²) in [6.45, 7) is 2.96. The third-order valence-electron chi connectivity index (χ3n) is 4.27. The summed E-state index contributed by atoms with van der Waals surface area (Å²) in [6.07, 6.45) is 4.56. The van der Waals surface area contributed by atoms with Gasteiger partial charge in [-0.2, -0.15) is 5.10 Å². The van der Waals surface area contributed by atoms with Gasteiger partial charge in [0.2, 0.25) is 0 Å². The lowest BCUT2D eigenvalue weighted by molar-refractivity contribution is 0.0797. The minimum atomic E-state index is -0.927. The molecule has 1 fully saturated rings. The van der Waals surface area contributed by atoms with Gasteiger partial charge < -0.3 is 10.0 Å². The van der Waals surface area contributed by atoms with E-state index >= 15 is 0 Å². The Morgan fingerprint density at radius 3 is 2.91 bits per heavy atom. The van der Waals surface area contributed by atoms with Gasteiger partial charge in [-0.25, -0.2) is 13.8 Å². The van der Waals surface area contributed by atoms with Crippen LogP contribution in [0.1, 0.15) is 24.5 Å². The fraction of sp³-hybridized carbons (Fsp3) is 0.500. The van der Waals surface area contributed by atoms with Gasteiger partial charge in [-0.3, -0.25) is 4.68 Å². The Balaban J connectivity index is 1.57. The number of benzene rings is 1. The molecule has 3 rings (SSSR count). The van der Waals surface area contributed by atoms with Crippen LogP contribution in [0.2, 0.25) is 0 Å². The van der Waals surface area contributed by atoms with Gasteiger partial charge in [-0.1, -0.05) is 6.07 Å². The van der Waals surface area contributed by atoms with E-state index in [2.05, 4.69) is 15.0 Å². The van der Waals surface area contributed by atoms with Gasteiger partial charge in [-0.05, 0) is 43.0 Å². The normalized spacial score (nSPS) is 20.6. The predicted molar refractivity (Wildman–Crippen MR) is 80.5 cm³/mol. The molecular formula is C16H20F2N4O. The summed E-state index contributed by atoms with van der Waals surface area (Å²) in [6, 6.07) is 3.55. The highest BCUT2D eigenvalue weighted by Crippen LogP contribution is 2.22. The molecule has 2 heterocycles. The Hall–Kier alpha value is -1.86. The summed E-state index contributed by atoms with van der Waals surface area (Å²) in [5.74, 6) is -1.38. The molecule has 1 aromatic carbocycles. The van der Waals surface area contributed by atoms with Crippen molar-refractivity contribution in [2.75, 3.05) is 19.6 Å². The fourth-order valence-corrected chi connectivity index (χ4v) is 3.13. The number of hydrogen-bond acceptors (Lipinski definition) is 4. The maximum absolute atomic E-state index is 13.3. The number of nitrogens with zero attached hydrogens (tertiary/aromatic N) is 4. The van der Waals surface area contributed by atoms with Crippen LogP contribution in [0.15, 0.2) is 30.9 Å². The van der Waals surface area contributed by atoms with Crippen LogP contribution in [0.4, 0.5) is 8.78 Å². The van der Waals surface area contributed by atoms with Gasteiger partial charge in [-0.15, -0.1) is 0 Å². The molecule has 1 saturated heterocycles. The van der Waals surface area contributed by atoms with Gasteiger partial charge >= 0.3 is 0 Å². The second-order valence-corrected chi connectivity index (χ2v) is 6.07. The van der Waals surface area contributed by atoms with E-state index in [9.17, 15) is 13.9 Å². The van der Waals surface area contributed by atoms with E-state index in [1.54, 1.807) is 6.33 Å². The molecule has 2 aromatic rings. The second-order valence-electron chi connectivity index (χ2n) is 6.07. The zero-order valence-electron chi connectivity index (χ0n) is 12.8. The van der Waals surface area contributed by atoms with Crippen LogP contribution in [0.25, 0.3) is 0 Å². The fourth-order valence-electron chi connectivity index (χ4n) is 3.13. The Morgan fingerprint density at radius 2 is 2.17 bits per heavy atom. The molecule has 0 radical (unpaired) electrons. The van der Waals surface area contributed by atoms with Crippen molar-refractivity contribution in [3.8, 4) is 0 Å². The minimum Gasteiger partial charge on any atom is -0.387 e. The van der Waals surface area contributed by atoms with Crippen LogP contribution in [-0.4, -0.2) is 44.4 Å². The monoisotopic (exact) mass is 322 g/mol. The molecule has 1 aromatic heterocycles. The van der Waals surface area contributed by atoms with Crippen molar-refractivity contribution < 1.29 is 13.9 Å². The minimum absolute atomic E-state index is 0.405. The standard InChI is InChI=1S/C16H20F2N4O/c17-14-4-3-13(6-15(14)18)16(23)9-21-5-1-2-12(7-21)8-22-11-19-10-20-22/h3-4,6,10-12,16,23H,1-2,5,7-9H2. The van der Waals surface area contributed by atoms with Crippen LogP contribution in [0.3, 0.4) is 0 Å². The molecule has 23 heavy (non-hydrogen) atoms. The van der Waals surface area contributed by atoms with E-state index in [0.717, 1.165) is 44.6 Å². The second kappa shape index (κ2) is 7.14. The summed E-state index contributed by atoms with van der Waals surface area (Å²) in [4.78, 5) is 6.11. The average Bonchev–Trinajstić information content (AvgIpc) is 3.03. The number of aromatic nitrogens is 3. The van der Waals surface area contributed by atoms with Crippen LogP contribution < -0.4 is 0 Å². The van der Waals surface area contributed by atoms with Crippen molar-refractivity contribution in [2.45, 2.75) is 25.5 Å². The van der Waals surface area contributed by atoms with Crippen molar-refractivity contribution in [1.82, 2.24) is 19.7 Å². The Bertz CT molecular complexity index is 635. The Labute approximate surface area is 133 Å². The summed E-state index contributed by atoms with van der Waals surface area (Å²) in [5.41, 5.74) is 0.405. The molecule has 1 aliphatic rings. The zero-order valence-corrected chi connectivity index (χ0v) is 12.8. The summed E-state index contributed by atoms with van der Waals surface area (Å²) in [7, 11) is 0. The van der Waals surface area contributed by atoms with Gasteiger partial charge in [0.1, 0.15) is 12.7 Å². The van der Waals surface area contributed by atoms with E-state index < -0.39 is 17.7 Å². The number of β-amino-alcohol motifs (C(OH)–C–C–N with tert-alkyl or cyclic N) is 1. The molecular weight excluding hydrogens is 302 g/mol. The number of aliphatic hydroxyl groups is 1. The average molecular weight is 322 g/mol. The number of aliphatic hydroxyl groups excluding tert-OH is 1. The topological polar surface area (TPSA) is 54.2 Å². The molecule has 2 unspecified atom stereocenters. The highest BCUT2D eigenvalue weighted by molar-refractivity contribution is 5.20. The van der Waals surface area contributed by atoms with Gasteiger partial charge in [0.15, 0.2) is 11.6 Å². The highest BCUT2D eigenvalue weighted by atomic mass is 19.2. The zero-order chi connectivity index (χ0) is 16.2. The molecule has 0 spiro atoms. The lowest BCUT2D eigenvalue weighted by Gasteiger charge is -2.33. The van der Waals surface area contributed by atoms with Crippen molar-refractivity contribution in [2.24, 2.45) is 5.92 Å². The first-order valence-electron chi connectivity index (χ1n) is 7.79. The number of hydrogen-bond donors (Lipinski definition) is 1. The Morgan fingerprint density at radius 1 is 1.30 bits per heavy atom. The van der Waals surface area contributed by atoms with Crippen LogP contribution in [0, 0.1) is 17.6 Å². The maximum Gasteiger partial charge on any atom is 0.159 e. The number of piperidine rings is 1. The molecule has 2 atom stereocenters. The molecule has 7 heteroatoms. The molecule has 5 nitrogen and oxygen atoms in total. The summed E-state index contributed by atoms with van der Waals surface area (Å²) >= 11 is 0. The number of halogens is 2. The number of likely N-dealkylation sites (tertiary alicyclic amines) is 1. The quantitative estimate of drug-likeness (QED) is 0.915. The maximum atomic E-state index is 13.3. The highest BCUT2D eigenvalue weighted by Gasteiger charge is 2.23. The third kappa shape index (κ3) is 4.11. The van der Waals surface area contributed by atoms with Gasteiger partial charge in [0, 0.05) is 19.6 Å². The van der Waals surface area contributed by atoms with Crippen molar-refractivity contribution >= 4 is 0 Å². The molecule has 1 N–H and O–H groups in total. The van der Waals surface area contributed by atoms with E-state index in [-0.39, 0.29) is 0 Å². The van der Waals surface area contributed by atoms with Crippen LogP contribution >= 0.6 is 0 Å². The molecule has 124 valence electrons. The molecule has 0 amide bonds. The third-order valence-corrected chi connectivity index (χ3v) is 4.27. The molecule has 1 aliphatic heterocycles. The van der Waals surface area contributed by atoms with Crippen molar-refractivity contribution in [3.05, 3.63) is 48.1 Å². The molecule has 0 bridgehead atoms. The first-order chi connectivity index (χ1) is 11.1. The van der Waals surface area contributed by atoms with E-state index in [1.165, 1.54) is 12.4 Å². The number of rotatable bonds is 5. The lowest BCUT2D eigenvalue weighted by atomic mass is 9.97. The van der Waals surface area contributed by atoms with Gasteiger partial charge in [0.05, 0.1) is 6.10 Å². The summed E-state index contributed by atoms with van der Waals surface area (Å²) in [5, 5.41) is 14.4. The van der Waals surface area contributed by atoms with Gasteiger partial charge in [0.25, 0.3) is 0 Å². The first-order valence-corrected chi connectivity index (χ1v) is 7.79. The molecule has 0 saturated carbocycles.